The molecule has 9 heteroatoms. The Kier molecular flexibility index (Phi) is 4.07. The predicted molar refractivity (Wildman–Crippen MR) is 62.7 cm³/mol. The van der Waals surface area contributed by atoms with E-state index in [1.165, 1.54) is 0 Å². The molecule has 0 saturated heterocycles. The minimum atomic E-state index is -3.26. The van der Waals surface area contributed by atoms with Crippen molar-refractivity contribution in [3.8, 4) is 0 Å². The van der Waals surface area contributed by atoms with Crippen LogP contribution in [0.25, 0.3) is 0 Å². The molecule has 0 amide bonds. The molecule has 0 saturated carbocycles. The molecule has 0 bridgehead atoms. The molecule has 1 rings (SSSR count). The molecule has 0 spiro atoms. The van der Waals surface area contributed by atoms with Crippen molar-refractivity contribution in [2.24, 2.45) is 5.73 Å². The Balaban J connectivity index is 2.54. The van der Waals surface area contributed by atoms with Gasteiger partial charge in [0, 0.05) is 12.1 Å². The maximum absolute atomic E-state index is 11.1. The number of hydrogen-bond donors (Lipinski definition) is 3. The number of hydrogen-bond acceptors (Lipinski definition) is 7. The fourth-order valence-corrected chi connectivity index (χ4v) is 2.32. The van der Waals surface area contributed by atoms with Crippen LogP contribution >= 0.6 is 0 Å². The Bertz CT molecular complexity index is 467. The average molecular weight is 263 g/mol. The number of sulfonamides is 1. The highest BCUT2D eigenvalue weighted by atomic mass is 32.2. The van der Waals surface area contributed by atoms with E-state index in [9.17, 15) is 8.42 Å². The summed E-state index contributed by atoms with van der Waals surface area (Å²) in [7, 11) is -3.26. The van der Waals surface area contributed by atoms with E-state index < -0.39 is 15.6 Å². The first-order chi connectivity index (χ1) is 7.72. The number of nitrogens with two attached hydrogens (primary N) is 1. The van der Waals surface area contributed by atoms with Gasteiger partial charge in [0.05, 0.1) is 12.8 Å². The van der Waals surface area contributed by atoms with Gasteiger partial charge in [0.2, 0.25) is 15.9 Å². The van der Waals surface area contributed by atoms with Gasteiger partial charge in [-0.3, -0.25) is 0 Å². The van der Waals surface area contributed by atoms with Crippen LogP contribution in [0.3, 0.4) is 0 Å². The van der Waals surface area contributed by atoms with Crippen LogP contribution in [-0.2, 0) is 16.6 Å². The molecule has 1 aromatic rings. The second kappa shape index (κ2) is 4.98. The normalized spacial score (nSPS) is 12.7. The van der Waals surface area contributed by atoms with E-state index in [0.29, 0.717) is 12.4 Å². The summed E-state index contributed by atoms with van der Waals surface area (Å²) < 4.78 is 29.8. The van der Waals surface area contributed by atoms with Crippen molar-refractivity contribution in [1.29, 1.82) is 0 Å². The molecule has 0 aliphatic heterocycles. The quantitative estimate of drug-likeness (QED) is 0.618. The summed E-state index contributed by atoms with van der Waals surface area (Å²) in [6.45, 7) is 3.95. The van der Waals surface area contributed by atoms with Crippen LogP contribution < -0.4 is 15.8 Å². The molecule has 0 radical (unpaired) electrons. The molecule has 8 nitrogen and oxygen atoms in total. The first kappa shape index (κ1) is 13.9. The third kappa shape index (κ3) is 5.11. The first-order valence-electron chi connectivity index (χ1n) is 4.97. The van der Waals surface area contributed by atoms with Gasteiger partial charge in [-0.2, -0.15) is 0 Å². The molecule has 98 valence electrons. The van der Waals surface area contributed by atoms with E-state index in [0.717, 1.165) is 6.26 Å². The SMILES string of the molecule is CC(C)(CNc1nnc(CN)o1)NS(C)(=O)=O. The molecular formula is C8H17N5O3S. The van der Waals surface area contributed by atoms with Crippen molar-refractivity contribution in [3.05, 3.63) is 5.89 Å². The number of anilines is 1. The van der Waals surface area contributed by atoms with Crippen LogP contribution in [0.15, 0.2) is 4.42 Å². The lowest BCUT2D eigenvalue weighted by atomic mass is 10.1. The third-order valence-corrected chi connectivity index (χ3v) is 2.71. The highest BCUT2D eigenvalue weighted by Crippen LogP contribution is 2.08. The van der Waals surface area contributed by atoms with Gasteiger partial charge in [-0.15, -0.1) is 5.10 Å². The third-order valence-electron chi connectivity index (χ3n) is 1.78. The lowest BCUT2D eigenvalue weighted by Gasteiger charge is -2.24. The second-order valence-electron chi connectivity index (χ2n) is 4.32. The predicted octanol–water partition coefficient (Wildman–Crippen LogP) is -0.732. The molecule has 1 aromatic heterocycles. The van der Waals surface area contributed by atoms with Crippen LogP contribution in [0.4, 0.5) is 6.01 Å². The lowest BCUT2D eigenvalue weighted by Crippen LogP contribution is -2.47. The fraction of sp³-hybridized carbons (Fsp3) is 0.750. The smallest absolute Gasteiger partial charge is 0.315 e. The van der Waals surface area contributed by atoms with Gasteiger partial charge < -0.3 is 15.5 Å². The van der Waals surface area contributed by atoms with Crippen LogP contribution in [0, 0.1) is 0 Å². The zero-order valence-electron chi connectivity index (χ0n) is 10.0. The van der Waals surface area contributed by atoms with Gasteiger partial charge in [0.15, 0.2) is 0 Å². The second-order valence-corrected chi connectivity index (χ2v) is 6.07. The molecule has 17 heavy (non-hydrogen) atoms. The molecule has 0 aliphatic rings. The van der Waals surface area contributed by atoms with Crippen LogP contribution in [0.5, 0.6) is 0 Å². The van der Waals surface area contributed by atoms with E-state index in [-0.39, 0.29) is 12.6 Å². The lowest BCUT2D eigenvalue weighted by molar-refractivity contribution is 0.460. The Labute approximate surface area is 100 Å². The van der Waals surface area contributed by atoms with E-state index in [1.54, 1.807) is 13.8 Å². The summed E-state index contributed by atoms with van der Waals surface area (Å²) in [6, 6.07) is 0.217. The van der Waals surface area contributed by atoms with Gasteiger partial charge >= 0.3 is 6.01 Å². The molecule has 0 fully saturated rings. The van der Waals surface area contributed by atoms with Crippen molar-refractivity contribution in [1.82, 2.24) is 14.9 Å². The zero-order valence-corrected chi connectivity index (χ0v) is 10.8. The van der Waals surface area contributed by atoms with Crippen molar-refractivity contribution in [3.63, 3.8) is 0 Å². The van der Waals surface area contributed by atoms with Crippen LogP contribution in [0.1, 0.15) is 19.7 Å². The topological polar surface area (TPSA) is 123 Å². The van der Waals surface area contributed by atoms with Crippen molar-refractivity contribution in [2.75, 3.05) is 18.1 Å². The Morgan fingerprint density at radius 2 is 2.06 bits per heavy atom. The molecule has 1 heterocycles. The Morgan fingerprint density at radius 1 is 1.41 bits per heavy atom. The van der Waals surface area contributed by atoms with Crippen LogP contribution in [-0.4, -0.2) is 37.0 Å². The van der Waals surface area contributed by atoms with E-state index >= 15 is 0 Å². The zero-order chi connectivity index (χ0) is 13.1. The summed E-state index contributed by atoms with van der Waals surface area (Å²) in [5, 5.41) is 10.2. The molecule has 0 unspecified atom stereocenters. The van der Waals surface area contributed by atoms with E-state index in [2.05, 4.69) is 20.2 Å². The Hall–Kier alpha value is -1.19. The summed E-state index contributed by atoms with van der Waals surface area (Å²) >= 11 is 0. The molecular weight excluding hydrogens is 246 g/mol. The first-order valence-corrected chi connectivity index (χ1v) is 6.86. The van der Waals surface area contributed by atoms with Gasteiger partial charge in [0.25, 0.3) is 0 Å². The van der Waals surface area contributed by atoms with Gasteiger partial charge in [-0.1, -0.05) is 5.10 Å². The van der Waals surface area contributed by atoms with E-state index in [1.807, 2.05) is 0 Å². The number of rotatable bonds is 6. The monoisotopic (exact) mass is 263 g/mol. The van der Waals surface area contributed by atoms with Crippen molar-refractivity contribution in [2.45, 2.75) is 25.9 Å². The highest BCUT2D eigenvalue weighted by Gasteiger charge is 2.22. The summed E-state index contributed by atoms with van der Waals surface area (Å²) in [5.74, 6) is 0.321. The molecule has 4 N–H and O–H groups in total. The molecule has 0 aromatic carbocycles. The summed E-state index contributed by atoms with van der Waals surface area (Å²) in [6.07, 6.45) is 1.11. The number of aromatic nitrogens is 2. The standard InChI is InChI=1S/C8H17N5O3S/c1-8(2,13-17(3,14)15)5-10-7-12-11-6(4-9)16-7/h13H,4-5,9H2,1-3H3,(H,10,12). The van der Waals surface area contributed by atoms with Gasteiger partial charge in [-0.05, 0) is 13.8 Å². The molecule has 0 aliphatic carbocycles. The number of nitrogens with zero attached hydrogens (tertiary/aromatic N) is 2. The fourth-order valence-electron chi connectivity index (χ4n) is 1.24. The largest absolute Gasteiger partial charge is 0.407 e. The maximum Gasteiger partial charge on any atom is 0.315 e. The van der Waals surface area contributed by atoms with Gasteiger partial charge in [-0.25, -0.2) is 13.1 Å². The number of nitrogens with one attached hydrogen (secondary N) is 2. The minimum absolute atomic E-state index is 0.166. The summed E-state index contributed by atoms with van der Waals surface area (Å²) in [4.78, 5) is 0. The maximum atomic E-state index is 11.1. The van der Waals surface area contributed by atoms with Crippen molar-refractivity contribution < 1.29 is 12.8 Å². The van der Waals surface area contributed by atoms with Crippen LogP contribution in [0.2, 0.25) is 0 Å². The minimum Gasteiger partial charge on any atom is -0.407 e. The highest BCUT2D eigenvalue weighted by molar-refractivity contribution is 7.88. The van der Waals surface area contributed by atoms with Crippen molar-refractivity contribution >= 4 is 16.0 Å². The molecule has 0 atom stereocenters. The average Bonchev–Trinajstić information content (AvgIpc) is 2.58. The van der Waals surface area contributed by atoms with E-state index in [4.69, 9.17) is 10.2 Å². The summed E-state index contributed by atoms with van der Waals surface area (Å²) in [5.41, 5.74) is 4.65. The Morgan fingerprint density at radius 3 is 2.53 bits per heavy atom. The van der Waals surface area contributed by atoms with Gasteiger partial charge in [0.1, 0.15) is 0 Å².